The molecule has 10 nitrogen and oxygen atoms in total. The van der Waals surface area contributed by atoms with E-state index in [9.17, 15) is 19.3 Å². The van der Waals surface area contributed by atoms with Gasteiger partial charge in [0.1, 0.15) is 10.8 Å². The quantitative estimate of drug-likeness (QED) is 0.306. The van der Waals surface area contributed by atoms with Crippen LogP contribution in [0.15, 0.2) is 67.0 Å². The summed E-state index contributed by atoms with van der Waals surface area (Å²) in [7, 11) is 0. The van der Waals surface area contributed by atoms with Gasteiger partial charge in [-0.15, -0.1) is 0 Å². The predicted octanol–water partition coefficient (Wildman–Crippen LogP) is 4.12. The summed E-state index contributed by atoms with van der Waals surface area (Å²) in [4.78, 5) is 23.0. The first-order valence-corrected chi connectivity index (χ1v) is 9.95. The van der Waals surface area contributed by atoms with Crippen molar-refractivity contribution in [3.8, 4) is 5.75 Å². The molecule has 2 heterocycles. The lowest BCUT2D eigenvalue weighted by Crippen LogP contribution is -2.15. The highest BCUT2D eigenvalue weighted by Gasteiger charge is 2.16. The van der Waals surface area contributed by atoms with Crippen LogP contribution in [0.3, 0.4) is 0 Å². The number of carbonyl (C=O) groups is 1. The number of hydrogen-bond acceptors (Lipinski definition) is 6. The van der Waals surface area contributed by atoms with Crippen molar-refractivity contribution in [2.75, 3.05) is 5.32 Å². The highest BCUT2D eigenvalue weighted by Crippen LogP contribution is 2.26. The average Bonchev–Trinajstić information content (AvgIpc) is 3.39. The van der Waals surface area contributed by atoms with Gasteiger partial charge in [-0.2, -0.15) is 10.2 Å². The second-order valence-electron chi connectivity index (χ2n) is 6.85. The van der Waals surface area contributed by atoms with Crippen molar-refractivity contribution in [2.24, 2.45) is 0 Å². The average molecular weight is 471 g/mol. The summed E-state index contributed by atoms with van der Waals surface area (Å²) in [5.41, 5.74) is 0.576. The third-order valence-corrected chi connectivity index (χ3v) is 4.75. The Labute approximate surface area is 191 Å². The second-order valence-corrected chi connectivity index (χ2v) is 7.25. The van der Waals surface area contributed by atoms with Crippen molar-refractivity contribution in [3.05, 3.63) is 99.2 Å². The Balaban J connectivity index is 1.39. The molecule has 168 valence electrons. The second kappa shape index (κ2) is 9.49. The van der Waals surface area contributed by atoms with Gasteiger partial charge in [0, 0.05) is 18.5 Å². The largest absolute Gasteiger partial charge is 0.464 e. The highest BCUT2D eigenvalue weighted by atomic mass is 35.5. The molecule has 0 aliphatic carbocycles. The molecule has 0 bridgehead atoms. The summed E-state index contributed by atoms with van der Waals surface area (Å²) in [6.45, 7) is 0.131. The number of aromatic nitrogens is 4. The summed E-state index contributed by atoms with van der Waals surface area (Å²) in [5, 5.41) is 22.2. The Morgan fingerprint density at radius 2 is 1.97 bits per heavy atom. The van der Waals surface area contributed by atoms with E-state index in [1.165, 1.54) is 58.2 Å². The Morgan fingerprint density at radius 1 is 1.15 bits per heavy atom. The molecule has 0 fully saturated rings. The van der Waals surface area contributed by atoms with Gasteiger partial charge in [0.05, 0.1) is 11.5 Å². The number of nitro benzene ring substituents is 1. The summed E-state index contributed by atoms with van der Waals surface area (Å²) < 4.78 is 21.6. The molecule has 4 rings (SSSR count). The number of para-hydroxylation sites is 2. The number of nitrogens with zero attached hydrogens (tertiary/aromatic N) is 5. The van der Waals surface area contributed by atoms with Crippen LogP contribution in [0.2, 0.25) is 5.02 Å². The molecule has 0 aliphatic heterocycles. The van der Waals surface area contributed by atoms with E-state index < -0.39 is 10.8 Å². The van der Waals surface area contributed by atoms with E-state index in [1.54, 1.807) is 18.2 Å². The first kappa shape index (κ1) is 22.0. The molecule has 0 aliphatic rings. The zero-order valence-electron chi connectivity index (χ0n) is 16.9. The molecular weight excluding hydrogens is 455 g/mol. The van der Waals surface area contributed by atoms with Gasteiger partial charge >= 0.3 is 5.69 Å². The fraction of sp³-hybridized carbons (Fsp3) is 0.0952. The fourth-order valence-electron chi connectivity index (χ4n) is 2.98. The van der Waals surface area contributed by atoms with Crippen molar-refractivity contribution in [1.82, 2.24) is 19.6 Å². The van der Waals surface area contributed by atoms with Gasteiger partial charge in [-0.25, -0.2) is 9.07 Å². The maximum Gasteiger partial charge on any atom is 0.311 e. The Bertz CT molecular complexity index is 1320. The molecule has 2 aromatic heterocycles. The Morgan fingerprint density at radius 3 is 2.76 bits per heavy atom. The minimum absolute atomic E-state index is 0.0666. The van der Waals surface area contributed by atoms with E-state index >= 15 is 0 Å². The number of nitrogens with one attached hydrogen (secondary N) is 1. The highest BCUT2D eigenvalue weighted by molar-refractivity contribution is 6.33. The monoisotopic (exact) mass is 470 g/mol. The topological polar surface area (TPSA) is 117 Å². The van der Waals surface area contributed by atoms with Crippen LogP contribution < -0.4 is 10.1 Å². The van der Waals surface area contributed by atoms with Crippen LogP contribution in [0.5, 0.6) is 5.75 Å². The summed E-state index contributed by atoms with van der Waals surface area (Å²) in [6, 6.07) is 13.5. The number of halogens is 2. The first-order valence-electron chi connectivity index (χ1n) is 9.57. The van der Waals surface area contributed by atoms with Gasteiger partial charge in [0.25, 0.3) is 5.91 Å². The van der Waals surface area contributed by atoms with E-state index in [4.69, 9.17) is 16.3 Å². The number of benzene rings is 2. The normalized spacial score (nSPS) is 10.7. The zero-order valence-corrected chi connectivity index (χ0v) is 17.6. The van der Waals surface area contributed by atoms with Gasteiger partial charge in [-0.1, -0.05) is 35.9 Å². The molecule has 1 amide bonds. The fourth-order valence-corrected chi connectivity index (χ4v) is 3.17. The molecule has 0 saturated heterocycles. The SMILES string of the molecule is O=C(Nc1nn(Cc2cccc(F)c2)cc1Cl)c1ccn(COc2ccccc2[N+](=O)[O-])n1. The van der Waals surface area contributed by atoms with Crippen LogP contribution in [0.4, 0.5) is 15.9 Å². The number of ether oxygens (including phenoxy) is 1. The molecule has 1 N–H and O–H groups in total. The smallest absolute Gasteiger partial charge is 0.311 e. The van der Waals surface area contributed by atoms with Crippen molar-refractivity contribution in [3.63, 3.8) is 0 Å². The maximum absolute atomic E-state index is 13.4. The minimum Gasteiger partial charge on any atom is -0.464 e. The van der Waals surface area contributed by atoms with Gasteiger partial charge in [-0.05, 0) is 29.8 Å². The van der Waals surface area contributed by atoms with Crippen LogP contribution in [-0.2, 0) is 13.3 Å². The number of hydrogen-bond donors (Lipinski definition) is 1. The predicted molar refractivity (Wildman–Crippen MR) is 117 cm³/mol. The van der Waals surface area contributed by atoms with Crippen LogP contribution in [-0.4, -0.2) is 30.4 Å². The molecule has 0 atom stereocenters. The zero-order chi connectivity index (χ0) is 23.4. The third kappa shape index (κ3) is 5.33. The molecule has 0 spiro atoms. The molecule has 2 aromatic carbocycles. The molecule has 12 heteroatoms. The van der Waals surface area contributed by atoms with Crippen molar-refractivity contribution >= 4 is 29.0 Å². The Kier molecular flexibility index (Phi) is 6.31. The van der Waals surface area contributed by atoms with Crippen LogP contribution >= 0.6 is 11.6 Å². The van der Waals surface area contributed by atoms with Crippen molar-refractivity contribution in [2.45, 2.75) is 13.3 Å². The molecule has 0 radical (unpaired) electrons. The van der Waals surface area contributed by atoms with E-state index in [1.807, 2.05) is 0 Å². The molecular formula is C21H16ClFN6O4. The van der Waals surface area contributed by atoms with Crippen LogP contribution in [0, 0.1) is 15.9 Å². The first-order chi connectivity index (χ1) is 15.9. The van der Waals surface area contributed by atoms with Gasteiger partial charge in [-0.3, -0.25) is 19.6 Å². The lowest BCUT2D eigenvalue weighted by atomic mass is 10.2. The van der Waals surface area contributed by atoms with Crippen molar-refractivity contribution in [1.29, 1.82) is 0 Å². The number of anilines is 1. The minimum atomic E-state index is -0.558. The lowest BCUT2D eigenvalue weighted by Gasteiger charge is -2.06. The van der Waals surface area contributed by atoms with Gasteiger partial charge in [0.2, 0.25) is 0 Å². The lowest BCUT2D eigenvalue weighted by molar-refractivity contribution is -0.386. The van der Waals surface area contributed by atoms with E-state index in [0.717, 1.165) is 0 Å². The molecule has 33 heavy (non-hydrogen) atoms. The summed E-state index contributed by atoms with van der Waals surface area (Å²) in [6.07, 6.45) is 3.01. The summed E-state index contributed by atoms with van der Waals surface area (Å²) in [5.74, 6) is -0.707. The van der Waals surface area contributed by atoms with Gasteiger partial charge < -0.3 is 10.1 Å². The number of nitro groups is 1. The van der Waals surface area contributed by atoms with Crippen LogP contribution in [0.1, 0.15) is 16.1 Å². The summed E-state index contributed by atoms with van der Waals surface area (Å²) >= 11 is 6.16. The van der Waals surface area contributed by atoms with Crippen LogP contribution in [0.25, 0.3) is 0 Å². The van der Waals surface area contributed by atoms with Gasteiger partial charge in [0.15, 0.2) is 24.0 Å². The van der Waals surface area contributed by atoms with E-state index in [2.05, 4.69) is 15.5 Å². The molecule has 0 unspecified atom stereocenters. The van der Waals surface area contributed by atoms with E-state index in [0.29, 0.717) is 5.56 Å². The number of amides is 1. The molecule has 0 saturated carbocycles. The van der Waals surface area contributed by atoms with E-state index in [-0.39, 0.29) is 47.1 Å². The number of rotatable bonds is 8. The third-order valence-electron chi connectivity index (χ3n) is 4.47. The Hall–Kier alpha value is -4.25. The molecule has 4 aromatic rings. The standard InChI is InChI=1S/C21H16ClFN6O4/c22-16-12-28(11-14-4-3-5-15(23)10-14)26-20(16)24-21(30)17-8-9-27(25-17)13-33-19-7-2-1-6-18(19)29(31)32/h1-10,12H,11,13H2,(H,24,26,30). The van der Waals surface area contributed by atoms with Crippen molar-refractivity contribution < 1.29 is 18.8 Å². The number of carbonyl (C=O) groups excluding carboxylic acids is 1. The maximum atomic E-state index is 13.4.